The van der Waals surface area contributed by atoms with E-state index in [1.807, 2.05) is 0 Å². The summed E-state index contributed by atoms with van der Waals surface area (Å²) < 4.78 is 10.3. The largest absolute Gasteiger partial charge is 0.495 e. The smallest absolute Gasteiger partial charge is 0.338 e. The number of methoxy groups -OCH3 is 1. The molecule has 3 aromatic carbocycles. The monoisotopic (exact) mass is 489 g/mol. The molecule has 1 aliphatic rings. The van der Waals surface area contributed by atoms with Crippen LogP contribution in [0.25, 0.3) is 0 Å². The number of non-ortho nitro benzene ring substituents is 1. The van der Waals surface area contributed by atoms with Crippen LogP contribution >= 0.6 is 0 Å². The molecule has 0 fully saturated rings. The molecule has 11 nitrogen and oxygen atoms in total. The highest BCUT2D eigenvalue weighted by Gasteiger charge is 2.36. The number of fused-ring (bicyclic) bond motifs is 1. The van der Waals surface area contributed by atoms with E-state index in [0.717, 1.165) is 11.0 Å². The van der Waals surface area contributed by atoms with Crippen LogP contribution in [0.4, 0.5) is 17.1 Å². The Morgan fingerprint density at radius 2 is 1.64 bits per heavy atom. The predicted octanol–water partition coefficient (Wildman–Crippen LogP) is 3.59. The number of carbonyl (C=O) groups is 4. The van der Waals surface area contributed by atoms with E-state index in [4.69, 9.17) is 9.47 Å². The van der Waals surface area contributed by atoms with Crippen LogP contribution in [0.2, 0.25) is 0 Å². The number of carbonyl (C=O) groups excluding carboxylic acids is 4. The number of benzene rings is 3. The van der Waals surface area contributed by atoms with Crippen LogP contribution < -0.4 is 15.0 Å². The van der Waals surface area contributed by atoms with Crippen molar-refractivity contribution in [3.05, 3.63) is 93.5 Å². The zero-order valence-corrected chi connectivity index (χ0v) is 19.1. The minimum atomic E-state index is -1.29. The quantitative estimate of drug-likeness (QED) is 0.229. The standard InChI is InChI=1S/C25H19N3O8/c1-14(22(29)26-20-13-17(28(33)34)10-11-21(20)35-2)36-25(32)15-6-5-7-16(12-15)27-23(30)18-8-3-4-9-19(18)24(27)31/h3-14H,1-2H3,(H,26,29). The van der Waals surface area contributed by atoms with E-state index < -0.39 is 34.7 Å². The van der Waals surface area contributed by atoms with Crippen LogP contribution in [0.5, 0.6) is 5.75 Å². The molecule has 0 radical (unpaired) electrons. The van der Waals surface area contributed by atoms with Gasteiger partial charge in [0.1, 0.15) is 5.75 Å². The summed E-state index contributed by atoms with van der Waals surface area (Å²) in [6.07, 6.45) is -1.29. The minimum absolute atomic E-state index is 0.0108. The summed E-state index contributed by atoms with van der Waals surface area (Å²) in [6, 6.07) is 15.8. The van der Waals surface area contributed by atoms with Gasteiger partial charge in [-0.2, -0.15) is 0 Å². The number of hydrogen-bond acceptors (Lipinski definition) is 8. The van der Waals surface area contributed by atoms with Crippen LogP contribution in [-0.4, -0.2) is 41.8 Å². The molecule has 11 heteroatoms. The van der Waals surface area contributed by atoms with Crippen molar-refractivity contribution in [3.8, 4) is 5.75 Å². The van der Waals surface area contributed by atoms with Gasteiger partial charge >= 0.3 is 5.97 Å². The summed E-state index contributed by atoms with van der Waals surface area (Å²) in [7, 11) is 1.33. The number of nitro groups is 1. The van der Waals surface area contributed by atoms with Crippen molar-refractivity contribution in [1.29, 1.82) is 0 Å². The zero-order chi connectivity index (χ0) is 26.0. The molecule has 3 aromatic rings. The van der Waals surface area contributed by atoms with Crippen LogP contribution in [0.15, 0.2) is 66.7 Å². The maximum absolute atomic E-state index is 12.7. The number of hydrogen-bond donors (Lipinski definition) is 1. The first-order valence-corrected chi connectivity index (χ1v) is 10.6. The zero-order valence-electron chi connectivity index (χ0n) is 19.1. The lowest BCUT2D eigenvalue weighted by atomic mass is 10.1. The fraction of sp³-hybridized carbons (Fsp3) is 0.120. The third-order valence-electron chi connectivity index (χ3n) is 5.44. The van der Waals surface area contributed by atoms with Crippen LogP contribution in [0.3, 0.4) is 0 Å². The number of nitrogens with zero attached hydrogens (tertiary/aromatic N) is 2. The van der Waals surface area contributed by atoms with Crippen molar-refractivity contribution >= 4 is 40.8 Å². The number of esters is 1. The molecule has 1 N–H and O–H groups in total. The third kappa shape index (κ3) is 4.49. The van der Waals surface area contributed by atoms with Gasteiger partial charge in [-0.3, -0.25) is 24.5 Å². The van der Waals surface area contributed by atoms with E-state index in [0.29, 0.717) is 0 Å². The van der Waals surface area contributed by atoms with Crippen molar-refractivity contribution in [2.75, 3.05) is 17.3 Å². The van der Waals surface area contributed by atoms with Crippen molar-refractivity contribution in [3.63, 3.8) is 0 Å². The molecule has 0 aliphatic carbocycles. The Bertz CT molecular complexity index is 1380. The van der Waals surface area contributed by atoms with Gasteiger partial charge in [0.15, 0.2) is 6.10 Å². The maximum atomic E-state index is 12.7. The third-order valence-corrected chi connectivity index (χ3v) is 5.44. The Morgan fingerprint density at radius 1 is 0.972 bits per heavy atom. The Kier molecular flexibility index (Phi) is 6.46. The second-order valence-corrected chi connectivity index (χ2v) is 7.72. The average Bonchev–Trinajstić information content (AvgIpc) is 3.13. The predicted molar refractivity (Wildman–Crippen MR) is 127 cm³/mol. The van der Waals surface area contributed by atoms with Gasteiger partial charge in [0.05, 0.1) is 40.1 Å². The fourth-order valence-electron chi connectivity index (χ4n) is 3.62. The molecule has 1 atom stereocenters. The van der Waals surface area contributed by atoms with E-state index in [2.05, 4.69) is 5.32 Å². The number of ether oxygens (including phenoxy) is 2. The van der Waals surface area contributed by atoms with Crippen LogP contribution in [-0.2, 0) is 9.53 Å². The van der Waals surface area contributed by atoms with E-state index >= 15 is 0 Å². The second-order valence-electron chi connectivity index (χ2n) is 7.72. The van der Waals surface area contributed by atoms with E-state index in [-0.39, 0.29) is 39.5 Å². The first-order valence-electron chi connectivity index (χ1n) is 10.6. The molecule has 4 rings (SSSR count). The summed E-state index contributed by atoms with van der Waals surface area (Å²) in [6.45, 7) is 1.32. The summed E-state index contributed by atoms with van der Waals surface area (Å²) in [5.74, 6) is -2.47. The van der Waals surface area contributed by atoms with Gasteiger partial charge in [0.25, 0.3) is 23.4 Å². The number of imide groups is 1. The molecular weight excluding hydrogens is 470 g/mol. The average molecular weight is 489 g/mol. The molecule has 0 saturated heterocycles. The highest BCUT2D eigenvalue weighted by Crippen LogP contribution is 2.30. The molecule has 1 aliphatic heterocycles. The van der Waals surface area contributed by atoms with Crippen LogP contribution in [0, 0.1) is 10.1 Å². The summed E-state index contributed by atoms with van der Waals surface area (Å²) in [5.41, 5.74) is 0.480. The van der Waals surface area contributed by atoms with Crippen molar-refractivity contribution in [2.24, 2.45) is 0 Å². The number of anilines is 2. The minimum Gasteiger partial charge on any atom is -0.495 e. The summed E-state index contributed by atoms with van der Waals surface area (Å²) in [5, 5.41) is 13.5. The SMILES string of the molecule is COc1ccc([N+](=O)[O-])cc1NC(=O)C(C)OC(=O)c1cccc(N2C(=O)c3ccccc3C2=O)c1. The van der Waals surface area contributed by atoms with Gasteiger partial charge in [-0.1, -0.05) is 18.2 Å². The van der Waals surface area contributed by atoms with Gasteiger partial charge in [-0.25, -0.2) is 9.69 Å². The van der Waals surface area contributed by atoms with Gasteiger partial charge in [0, 0.05) is 12.1 Å². The first kappa shape index (κ1) is 24.1. The number of rotatable bonds is 7. The Hall–Kier alpha value is -5.06. The molecule has 0 bridgehead atoms. The highest BCUT2D eigenvalue weighted by atomic mass is 16.6. The lowest BCUT2D eigenvalue weighted by Gasteiger charge is -2.17. The van der Waals surface area contributed by atoms with E-state index in [1.54, 1.807) is 24.3 Å². The van der Waals surface area contributed by atoms with Crippen molar-refractivity contribution in [1.82, 2.24) is 0 Å². The lowest BCUT2D eigenvalue weighted by molar-refractivity contribution is -0.384. The number of nitrogens with one attached hydrogen (secondary N) is 1. The molecule has 0 aromatic heterocycles. The molecule has 182 valence electrons. The summed E-state index contributed by atoms with van der Waals surface area (Å²) in [4.78, 5) is 62.2. The van der Waals surface area contributed by atoms with Crippen molar-refractivity contribution in [2.45, 2.75) is 13.0 Å². The lowest BCUT2D eigenvalue weighted by Crippen LogP contribution is -2.31. The topological polar surface area (TPSA) is 145 Å². The molecule has 0 saturated carbocycles. The second kappa shape index (κ2) is 9.66. The van der Waals surface area contributed by atoms with Crippen LogP contribution in [0.1, 0.15) is 38.0 Å². The Labute approximate surface area is 204 Å². The highest BCUT2D eigenvalue weighted by molar-refractivity contribution is 6.34. The molecule has 36 heavy (non-hydrogen) atoms. The molecular formula is C25H19N3O8. The Balaban J connectivity index is 1.48. The van der Waals surface area contributed by atoms with E-state index in [1.165, 1.54) is 50.4 Å². The van der Waals surface area contributed by atoms with Crippen molar-refractivity contribution < 1.29 is 33.6 Å². The molecule has 1 heterocycles. The van der Waals surface area contributed by atoms with Gasteiger partial charge < -0.3 is 14.8 Å². The maximum Gasteiger partial charge on any atom is 0.338 e. The van der Waals surface area contributed by atoms with E-state index in [9.17, 15) is 29.3 Å². The Morgan fingerprint density at radius 3 is 2.25 bits per heavy atom. The fourth-order valence-corrected chi connectivity index (χ4v) is 3.62. The number of amides is 3. The summed E-state index contributed by atoms with van der Waals surface area (Å²) >= 11 is 0. The first-order chi connectivity index (χ1) is 17.2. The van der Waals surface area contributed by atoms with Gasteiger partial charge in [0.2, 0.25) is 0 Å². The van der Waals surface area contributed by atoms with Gasteiger partial charge in [-0.05, 0) is 43.3 Å². The van der Waals surface area contributed by atoms with Gasteiger partial charge in [-0.15, -0.1) is 0 Å². The molecule has 0 spiro atoms. The number of nitro benzene ring substituents is 1. The molecule has 1 unspecified atom stereocenters. The normalized spacial score (nSPS) is 13.1. The molecule has 3 amide bonds.